The van der Waals surface area contributed by atoms with E-state index in [2.05, 4.69) is 9.97 Å². The van der Waals surface area contributed by atoms with Crippen LogP contribution in [0.5, 0.6) is 0 Å². The van der Waals surface area contributed by atoms with Crippen LogP contribution in [0.15, 0.2) is 23.4 Å². The summed E-state index contributed by atoms with van der Waals surface area (Å²) in [7, 11) is -1.48. The highest BCUT2D eigenvalue weighted by atomic mass is 32.2. The number of benzene rings is 1. The molecule has 0 saturated carbocycles. The van der Waals surface area contributed by atoms with Crippen LogP contribution < -0.4 is 5.73 Å². The van der Waals surface area contributed by atoms with Gasteiger partial charge in [-0.3, -0.25) is 9.00 Å². The summed E-state index contributed by atoms with van der Waals surface area (Å²) in [5, 5.41) is 0.311. The van der Waals surface area contributed by atoms with Crippen LogP contribution in [0.2, 0.25) is 0 Å². The molecule has 0 radical (unpaired) electrons. The van der Waals surface area contributed by atoms with Gasteiger partial charge in [0.2, 0.25) is 5.91 Å². The van der Waals surface area contributed by atoms with E-state index in [1.54, 1.807) is 23.1 Å². The van der Waals surface area contributed by atoms with E-state index >= 15 is 0 Å². The molecular formula is C13H18N4O2S. The number of hydrogen-bond acceptors (Lipinski definition) is 4. The van der Waals surface area contributed by atoms with Crippen molar-refractivity contribution in [1.29, 1.82) is 0 Å². The average molecular weight is 294 g/mol. The van der Waals surface area contributed by atoms with Crippen LogP contribution in [0.25, 0.3) is 11.0 Å². The minimum atomic E-state index is -1.48. The highest BCUT2D eigenvalue weighted by Gasteiger charge is 2.17. The van der Waals surface area contributed by atoms with Crippen LogP contribution in [0.1, 0.15) is 13.8 Å². The number of amides is 1. The SMILES string of the molecule is CCN(CC)C(=O)CS(=O)c1nc2ccc(N)cc2[nH]1. The van der Waals surface area contributed by atoms with Crippen LogP contribution in [-0.4, -0.2) is 43.8 Å². The molecule has 108 valence electrons. The fourth-order valence-corrected chi connectivity index (χ4v) is 2.93. The molecule has 1 aromatic carbocycles. The van der Waals surface area contributed by atoms with E-state index in [1.165, 1.54) is 0 Å². The van der Waals surface area contributed by atoms with Gasteiger partial charge in [0.25, 0.3) is 0 Å². The monoisotopic (exact) mass is 294 g/mol. The Kier molecular flexibility index (Phi) is 4.39. The summed E-state index contributed by atoms with van der Waals surface area (Å²) in [6.07, 6.45) is 0. The lowest BCUT2D eigenvalue weighted by molar-refractivity contribution is -0.128. The summed E-state index contributed by atoms with van der Waals surface area (Å²) >= 11 is 0. The molecule has 0 aliphatic carbocycles. The van der Waals surface area contributed by atoms with Crippen LogP contribution in [0, 0.1) is 0 Å². The number of aromatic amines is 1. The molecule has 7 heteroatoms. The number of fused-ring (bicyclic) bond motifs is 1. The zero-order valence-electron chi connectivity index (χ0n) is 11.5. The van der Waals surface area contributed by atoms with Crippen LogP contribution in [-0.2, 0) is 15.6 Å². The average Bonchev–Trinajstić information content (AvgIpc) is 2.83. The Bertz CT molecular complexity index is 649. The summed E-state index contributed by atoms with van der Waals surface area (Å²) in [5.41, 5.74) is 7.71. The molecule has 0 spiro atoms. The van der Waals surface area contributed by atoms with Crippen LogP contribution in [0.4, 0.5) is 5.69 Å². The largest absolute Gasteiger partial charge is 0.399 e. The van der Waals surface area contributed by atoms with Crippen molar-refractivity contribution >= 4 is 33.4 Å². The number of nitrogen functional groups attached to an aromatic ring is 1. The molecule has 1 amide bonds. The number of imidazole rings is 1. The van der Waals surface area contributed by atoms with Crippen molar-refractivity contribution in [2.45, 2.75) is 19.0 Å². The second-order valence-corrected chi connectivity index (χ2v) is 5.74. The summed E-state index contributed by atoms with van der Waals surface area (Å²) < 4.78 is 12.2. The highest BCUT2D eigenvalue weighted by Crippen LogP contribution is 2.16. The molecule has 1 unspecified atom stereocenters. The maximum Gasteiger partial charge on any atom is 0.235 e. The standard InChI is InChI=1S/C13H18N4O2S/c1-3-17(4-2)12(18)8-20(19)13-15-10-6-5-9(14)7-11(10)16-13/h5-7H,3-4,8,14H2,1-2H3,(H,15,16). The van der Waals surface area contributed by atoms with Crippen molar-refractivity contribution in [2.75, 3.05) is 24.6 Å². The van der Waals surface area contributed by atoms with E-state index in [-0.39, 0.29) is 11.7 Å². The summed E-state index contributed by atoms with van der Waals surface area (Å²) in [4.78, 5) is 20.8. The van der Waals surface area contributed by atoms with Crippen LogP contribution >= 0.6 is 0 Å². The third-order valence-electron chi connectivity index (χ3n) is 3.07. The molecule has 0 bridgehead atoms. The first-order chi connectivity index (χ1) is 9.55. The van der Waals surface area contributed by atoms with Gasteiger partial charge in [0.05, 0.1) is 21.8 Å². The molecule has 2 rings (SSSR count). The number of carbonyl (C=O) groups is 1. The Hall–Kier alpha value is -1.89. The van der Waals surface area contributed by atoms with Gasteiger partial charge in [0.15, 0.2) is 5.16 Å². The van der Waals surface area contributed by atoms with E-state index in [0.717, 1.165) is 5.52 Å². The minimum absolute atomic E-state index is 0.0585. The molecule has 1 heterocycles. The summed E-state index contributed by atoms with van der Waals surface area (Å²) in [5.74, 6) is -0.190. The van der Waals surface area contributed by atoms with Crippen molar-refractivity contribution in [1.82, 2.24) is 14.9 Å². The first-order valence-electron chi connectivity index (χ1n) is 6.46. The van der Waals surface area contributed by atoms with Gasteiger partial charge in [-0.05, 0) is 32.0 Å². The van der Waals surface area contributed by atoms with Crippen molar-refractivity contribution in [3.63, 3.8) is 0 Å². The normalized spacial score (nSPS) is 12.5. The van der Waals surface area contributed by atoms with Crippen LogP contribution in [0.3, 0.4) is 0 Å². The molecule has 0 aliphatic rings. The first kappa shape index (κ1) is 14.5. The lowest BCUT2D eigenvalue weighted by Gasteiger charge is -2.17. The lowest BCUT2D eigenvalue weighted by atomic mass is 10.3. The van der Waals surface area contributed by atoms with Gasteiger partial charge in [0.1, 0.15) is 5.75 Å². The van der Waals surface area contributed by atoms with Gasteiger partial charge in [0, 0.05) is 18.8 Å². The minimum Gasteiger partial charge on any atom is -0.399 e. The van der Waals surface area contributed by atoms with Crippen molar-refractivity contribution < 1.29 is 9.00 Å². The number of anilines is 1. The topological polar surface area (TPSA) is 92.1 Å². The smallest absolute Gasteiger partial charge is 0.235 e. The van der Waals surface area contributed by atoms with E-state index in [4.69, 9.17) is 5.73 Å². The fraction of sp³-hybridized carbons (Fsp3) is 0.385. The number of aromatic nitrogens is 2. The molecular weight excluding hydrogens is 276 g/mol. The number of H-pyrrole nitrogens is 1. The number of hydrogen-bond donors (Lipinski definition) is 2. The van der Waals surface area contributed by atoms with Gasteiger partial charge in [-0.25, -0.2) is 4.98 Å². The zero-order chi connectivity index (χ0) is 14.7. The van der Waals surface area contributed by atoms with Gasteiger partial charge >= 0.3 is 0 Å². The second kappa shape index (κ2) is 6.04. The second-order valence-electron chi connectivity index (χ2n) is 4.37. The number of rotatable bonds is 5. The molecule has 0 saturated heterocycles. The van der Waals surface area contributed by atoms with Gasteiger partial charge < -0.3 is 15.6 Å². The Morgan fingerprint density at radius 3 is 2.75 bits per heavy atom. The molecule has 0 aliphatic heterocycles. The van der Waals surface area contributed by atoms with Crippen molar-refractivity contribution in [3.05, 3.63) is 18.2 Å². The fourth-order valence-electron chi connectivity index (χ4n) is 1.96. The first-order valence-corrected chi connectivity index (χ1v) is 7.78. The Morgan fingerprint density at radius 1 is 1.40 bits per heavy atom. The Balaban J connectivity index is 2.17. The predicted molar refractivity (Wildman–Crippen MR) is 79.7 cm³/mol. The zero-order valence-corrected chi connectivity index (χ0v) is 12.4. The molecule has 1 aromatic heterocycles. The van der Waals surface area contributed by atoms with E-state index in [1.807, 2.05) is 13.8 Å². The predicted octanol–water partition coefficient (Wildman–Crippen LogP) is 1.12. The molecule has 20 heavy (non-hydrogen) atoms. The Labute approximate surface area is 119 Å². The molecule has 0 fully saturated rings. The van der Waals surface area contributed by atoms with Gasteiger partial charge in [-0.15, -0.1) is 0 Å². The lowest BCUT2D eigenvalue weighted by Crippen LogP contribution is -2.34. The summed E-state index contributed by atoms with van der Waals surface area (Å²) in [6.45, 7) is 5.02. The van der Waals surface area contributed by atoms with Gasteiger partial charge in [-0.2, -0.15) is 0 Å². The van der Waals surface area contributed by atoms with E-state index in [0.29, 0.717) is 29.5 Å². The quantitative estimate of drug-likeness (QED) is 0.808. The third-order valence-corrected chi connectivity index (χ3v) is 4.20. The Morgan fingerprint density at radius 2 is 2.10 bits per heavy atom. The number of nitrogens with zero attached hydrogens (tertiary/aromatic N) is 2. The van der Waals surface area contributed by atoms with Gasteiger partial charge in [-0.1, -0.05) is 0 Å². The summed E-state index contributed by atoms with van der Waals surface area (Å²) in [6, 6.07) is 5.22. The maximum atomic E-state index is 12.2. The highest BCUT2D eigenvalue weighted by molar-refractivity contribution is 7.85. The van der Waals surface area contributed by atoms with E-state index in [9.17, 15) is 9.00 Å². The molecule has 1 atom stereocenters. The number of nitrogens with one attached hydrogen (secondary N) is 1. The third kappa shape index (κ3) is 2.98. The van der Waals surface area contributed by atoms with E-state index < -0.39 is 10.8 Å². The number of nitrogens with two attached hydrogens (primary N) is 1. The number of carbonyl (C=O) groups excluding carboxylic acids is 1. The molecule has 6 nitrogen and oxygen atoms in total. The van der Waals surface area contributed by atoms with Crippen molar-refractivity contribution in [2.24, 2.45) is 0 Å². The molecule has 2 aromatic rings. The van der Waals surface area contributed by atoms with Crippen molar-refractivity contribution in [3.8, 4) is 0 Å². The molecule has 3 N–H and O–H groups in total. The maximum absolute atomic E-state index is 12.2.